The molecule has 0 saturated carbocycles. The largest absolute Gasteiger partial charge is 0.497 e. The van der Waals surface area contributed by atoms with Crippen LogP contribution in [-0.4, -0.2) is 44.2 Å². The number of methoxy groups -OCH3 is 1. The molecule has 1 aromatic rings. The quantitative estimate of drug-likeness (QED) is 0.896. The van der Waals surface area contributed by atoms with Crippen LogP contribution in [-0.2, 0) is 9.53 Å². The predicted octanol–water partition coefficient (Wildman–Crippen LogP) is 1.16. The van der Waals surface area contributed by atoms with Crippen molar-refractivity contribution in [3.8, 4) is 5.75 Å². The number of nitrogens with one attached hydrogen (secondary N) is 1. The number of ether oxygens (including phenoxy) is 2. The first-order valence-electron chi connectivity index (χ1n) is 7.02. The van der Waals surface area contributed by atoms with Gasteiger partial charge >= 0.3 is 0 Å². The number of hydrogen-bond donors (Lipinski definition) is 1. The summed E-state index contributed by atoms with van der Waals surface area (Å²) in [6.07, 6.45) is 1.01. The molecular weight excluding hydrogens is 256 g/mol. The fraction of sp³-hybridized carbons (Fsp3) is 0.533. The number of rotatable bonds is 4. The standard InChI is InChI=1S/C15H20N2O3/c1-19-13-4-2-12(3-5-13)15-16-8-14(18)17(15)9-11-6-7-20-10-11/h2-5,11,15-16H,6-10H2,1H3. The van der Waals surface area contributed by atoms with Crippen LogP contribution in [0.4, 0.5) is 0 Å². The lowest BCUT2D eigenvalue weighted by Crippen LogP contribution is -2.34. The minimum atomic E-state index is -0.0333. The van der Waals surface area contributed by atoms with Crippen molar-refractivity contribution in [1.82, 2.24) is 10.2 Å². The Hall–Kier alpha value is -1.59. The first-order chi connectivity index (χ1) is 9.78. The van der Waals surface area contributed by atoms with E-state index >= 15 is 0 Å². The van der Waals surface area contributed by atoms with Gasteiger partial charge in [-0.1, -0.05) is 12.1 Å². The molecule has 2 heterocycles. The Balaban J connectivity index is 1.74. The average Bonchev–Trinajstić information content (AvgIpc) is 3.11. The molecule has 5 heteroatoms. The third-order valence-corrected chi connectivity index (χ3v) is 3.99. The number of carbonyl (C=O) groups is 1. The lowest BCUT2D eigenvalue weighted by molar-refractivity contribution is -0.128. The molecule has 0 radical (unpaired) electrons. The van der Waals surface area contributed by atoms with E-state index in [0.717, 1.165) is 37.5 Å². The van der Waals surface area contributed by atoms with Crippen molar-refractivity contribution in [2.45, 2.75) is 12.6 Å². The van der Waals surface area contributed by atoms with Gasteiger partial charge in [0.2, 0.25) is 5.91 Å². The lowest BCUT2D eigenvalue weighted by Gasteiger charge is -2.27. The van der Waals surface area contributed by atoms with E-state index in [0.29, 0.717) is 12.5 Å². The van der Waals surface area contributed by atoms with Crippen LogP contribution in [0.5, 0.6) is 5.75 Å². The summed E-state index contributed by atoms with van der Waals surface area (Å²) in [7, 11) is 1.65. The summed E-state index contributed by atoms with van der Waals surface area (Å²) in [5.74, 6) is 1.45. The highest BCUT2D eigenvalue weighted by Gasteiger charge is 2.33. The third-order valence-electron chi connectivity index (χ3n) is 3.99. The average molecular weight is 276 g/mol. The van der Waals surface area contributed by atoms with Gasteiger partial charge in [-0.25, -0.2) is 0 Å². The smallest absolute Gasteiger partial charge is 0.238 e. The Morgan fingerprint density at radius 2 is 2.20 bits per heavy atom. The van der Waals surface area contributed by atoms with E-state index in [1.807, 2.05) is 29.2 Å². The van der Waals surface area contributed by atoms with Gasteiger partial charge in [0.05, 0.1) is 20.3 Å². The molecule has 1 amide bonds. The summed E-state index contributed by atoms with van der Waals surface area (Å²) >= 11 is 0. The number of hydrogen-bond acceptors (Lipinski definition) is 4. The monoisotopic (exact) mass is 276 g/mol. The van der Waals surface area contributed by atoms with E-state index in [1.54, 1.807) is 7.11 Å². The van der Waals surface area contributed by atoms with Crippen molar-refractivity contribution in [2.75, 3.05) is 33.4 Å². The van der Waals surface area contributed by atoms with Gasteiger partial charge in [-0.05, 0) is 24.1 Å². The zero-order valence-corrected chi connectivity index (χ0v) is 11.7. The Bertz CT molecular complexity index is 469. The van der Waals surface area contributed by atoms with Crippen LogP contribution in [0.3, 0.4) is 0 Å². The predicted molar refractivity (Wildman–Crippen MR) is 74.4 cm³/mol. The van der Waals surface area contributed by atoms with Crippen LogP contribution < -0.4 is 10.1 Å². The second-order valence-corrected chi connectivity index (χ2v) is 5.33. The van der Waals surface area contributed by atoms with Crippen LogP contribution in [0, 0.1) is 5.92 Å². The van der Waals surface area contributed by atoms with Crippen molar-refractivity contribution in [3.05, 3.63) is 29.8 Å². The Morgan fingerprint density at radius 1 is 1.40 bits per heavy atom. The van der Waals surface area contributed by atoms with E-state index in [9.17, 15) is 4.79 Å². The van der Waals surface area contributed by atoms with E-state index in [4.69, 9.17) is 9.47 Å². The lowest BCUT2D eigenvalue weighted by atomic mass is 10.1. The maximum Gasteiger partial charge on any atom is 0.238 e. The van der Waals surface area contributed by atoms with Gasteiger partial charge in [-0.15, -0.1) is 0 Å². The highest BCUT2D eigenvalue weighted by atomic mass is 16.5. The highest BCUT2D eigenvalue weighted by molar-refractivity contribution is 5.81. The van der Waals surface area contributed by atoms with Crippen molar-refractivity contribution >= 4 is 5.91 Å². The summed E-state index contributed by atoms with van der Waals surface area (Å²) in [5.41, 5.74) is 1.09. The van der Waals surface area contributed by atoms with Crippen LogP contribution in [0.2, 0.25) is 0 Å². The normalized spacial score (nSPS) is 26.2. The molecule has 3 rings (SSSR count). The van der Waals surface area contributed by atoms with E-state index in [2.05, 4.69) is 5.32 Å². The molecule has 1 aromatic carbocycles. The molecule has 1 N–H and O–H groups in total. The molecule has 2 saturated heterocycles. The summed E-state index contributed by atoms with van der Waals surface area (Å²) < 4.78 is 10.6. The molecule has 108 valence electrons. The van der Waals surface area contributed by atoms with Crippen molar-refractivity contribution in [1.29, 1.82) is 0 Å². The summed E-state index contributed by atoms with van der Waals surface area (Å²) in [6, 6.07) is 7.87. The second-order valence-electron chi connectivity index (χ2n) is 5.33. The van der Waals surface area contributed by atoms with Crippen LogP contribution >= 0.6 is 0 Å². The van der Waals surface area contributed by atoms with Gasteiger partial charge in [0, 0.05) is 19.1 Å². The van der Waals surface area contributed by atoms with Gasteiger partial charge in [0.1, 0.15) is 11.9 Å². The SMILES string of the molecule is COc1ccc(C2NCC(=O)N2CC2CCOC2)cc1. The van der Waals surface area contributed by atoms with Crippen molar-refractivity contribution in [2.24, 2.45) is 5.92 Å². The van der Waals surface area contributed by atoms with Gasteiger partial charge in [0.15, 0.2) is 0 Å². The molecule has 0 spiro atoms. The molecule has 0 aliphatic carbocycles. The molecule has 0 aromatic heterocycles. The molecule has 5 nitrogen and oxygen atoms in total. The number of amides is 1. The van der Waals surface area contributed by atoms with E-state index in [-0.39, 0.29) is 12.1 Å². The zero-order valence-electron chi connectivity index (χ0n) is 11.7. The molecular formula is C15H20N2O3. The fourth-order valence-corrected chi connectivity index (χ4v) is 2.84. The van der Waals surface area contributed by atoms with Crippen LogP contribution in [0.15, 0.2) is 24.3 Å². The molecule has 2 aliphatic heterocycles. The minimum Gasteiger partial charge on any atom is -0.497 e. The molecule has 2 aliphatic rings. The topological polar surface area (TPSA) is 50.8 Å². The Labute approximate surface area is 118 Å². The Kier molecular flexibility index (Phi) is 3.89. The summed E-state index contributed by atoms with van der Waals surface area (Å²) in [6.45, 7) is 2.75. The first-order valence-corrected chi connectivity index (χ1v) is 7.02. The summed E-state index contributed by atoms with van der Waals surface area (Å²) in [4.78, 5) is 14.0. The molecule has 2 unspecified atom stereocenters. The van der Waals surface area contributed by atoms with Crippen LogP contribution in [0.1, 0.15) is 18.2 Å². The van der Waals surface area contributed by atoms with Gasteiger partial charge in [-0.3, -0.25) is 10.1 Å². The number of benzene rings is 1. The molecule has 2 fully saturated rings. The number of carbonyl (C=O) groups excluding carboxylic acids is 1. The van der Waals surface area contributed by atoms with Crippen molar-refractivity contribution < 1.29 is 14.3 Å². The maximum atomic E-state index is 12.1. The highest BCUT2D eigenvalue weighted by Crippen LogP contribution is 2.26. The molecule has 0 bridgehead atoms. The first kappa shape index (κ1) is 13.4. The van der Waals surface area contributed by atoms with E-state index in [1.165, 1.54) is 0 Å². The molecule has 20 heavy (non-hydrogen) atoms. The third kappa shape index (κ3) is 2.64. The van der Waals surface area contributed by atoms with Gasteiger partial charge in [0.25, 0.3) is 0 Å². The minimum absolute atomic E-state index is 0.0333. The fourth-order valence-electron chi connectivity index (χ4n) is 2.84. The summed E-state index contributed by atoms with van der Waals surface area (Å²) in [5, 5.41) is 3.28. The van der Waals surface area contributed by atoms with E-state index < -0.39 is 0 Å². The second kappa shape index (κ2) is 5.81. The maximum absolute atomic E-state index is 12.1. The van der Waals surface area contributed by atoms with Crippen molar-refractivity contribution in [3.63, 3.8) is 0 Å². The van der Waals surface area contributed by atoms with Gasteiger partial charge < -0.3 is 14.4 Å². The van der Waals surface area contributed by atoms with Gasteiger partial charge in [-0.2, -0.15) is 0 Å². The zero-order chi connectivity index (χ0) is 13.9. The number of nitrogens with zero attached hydrogens (tertiary/aromatic N) is 1. The van der Waals surface area contributed by atoms with Crippen LogP contribution in [0.25, 0.3) is 0 Å². The Morgan fingerprint density at radius 3 is 2.85 bits per heavy atom. The molecule has 2 atom stereocenters.